The summed E-state index contributed by atoms with van der Waals surface area (Å²) in [6.07, 6.45) is 11.7. The number of nitrogens with zero attached hydrogens (tertiary/aromatic N) is 1. The molecule has 0 unspecified atom stereocenters. The molecule has 0 spiro atoms. The van der Waals surface area contributed by atoms with Crippen LogP contribution in [0.1, 0.15) is 38.5 Å². The molecule has 0 aromatic rings. The molecule has 0 saturated carbocycles. The molecule has 4 nitrogen and oxygen atoms in total. The molecule has 114 valence electrons. The van der Waals surface area contributed by atoms with E-state index >= 15 is 0 Å². The average Bonchev–Trinajstić information content (AvgIpc) is 2.48. The van der Waals surface area contributed by atoms with Crippen molar-refractivity contribution in [2.45, 2.75) is 38.5 Å². The molecular formula is C16H29N3O. The number of piperidine rings is 1. The third-order valence-corrected chi connectivity index (χ3v) is 4.55. The van der Waals surface area contributed by atoms with Gasteiger partial charge in [-0.25, -0.2) is 0 Å². The fourth-order valence-electron chi connectivity index (χ4n) is 3.27. The van der Waals surface area contributed by atoms with E-state index in [1.807, 2.05) is 0 Å². The van der Waals surface area contributed by atoms with Gasteiger partial charge >= 0.3 is 0 Å². The summed E-state index contributed by atoms with van der Waals surface area (Å²) in [6, 6.07) is 0. The largest absolute Gasteiger partial charge is 0.369 e. The Labute approximate surface area is 122 Å². The third-order valence-electron chi connectivity index (χ3n) is 4.55. The van der Waals surface area contributed by atoms with E-state index in [2.05, 4.69) is 22.4 Å². The Bertz CT molecular complexity index is 330. The van der Waals surface area contributed by atoms with Gasteiger partial charge in [0.25, 0.3) is 0 Å². The standard InChI is InChI=1S/C16H29N3O/c17-16(20)15-8-4-10-19(13-15)11-5-9-18-12-14-6-2-1-3-7-14/h1-2,14-15,18H,3-13H2,(H2,17,20)/t14-,15+/m1/s1. The van der Waals surface area contributed by atoms with E-state index in [0.717, 1.165) is 57.9 Å². The molecule has 2 atom stereocenters. The number of likely N-dealkylation sites (tertiary alicyclic amines) is 1. The van der Waals surface area contributed by atoms with Crippen LogP contribution in [-0.2, 0) is 4.79 Å². The van der Waals surface area contributed by atoms with Crippen LogP contribution in [0.3, 0.4) is 0 Å². The van der Waals surface area contributed by atoms with Crippen LogP contribution in [0.2, 0.25) is 0 Å². The number of carbonyl (C=O) groups excluding carboxylic acids is 1. The molecule has 1 heterocycles. The third kappa shape index (κ3) is 5.25. The molecule has 0 aromatic heterocycles. The smallest absolute Gasteiger partial charge is 0.221 e. The molecule has 0 radical (unpaired) electrons. The zero-order chi connectivity index (χ0) is 14.2. The number of hydrogen-bond acceptors (Lipinski definition) is 3. The molecule has 20 heavy (non-hydrogen) atoms. The van der Waals surface area contributed by atoms with Crippen molar-refractivity contribution >= 4 is 5.91 Å². The summed E-state index contributed by atoms with van der Waals surface area (Å²) >= 11 is 0. The lowest BCUT2D eigenvalue weighted by Gasteiger charge is -2.31. The van der Waals surface area contributed by atoms with Crippen molar-refractivity contribution in [3.8, 4) is 0 Å². The number of carbonyl (C=O) groups is 1. The van der Waals surface area contributed by atoms with Gasteiger partial charge in [0.05, 0.1) is 5.92 Å². The quantitative estimate of drug-likeness (QED) is 0.549. The molecule has 0 bridgehead atoms. The van der Waals surface area contributed by atoms with E-state index < -0.39 is 0 Å². The summed E-state index contributed by atoms with van der Waals surface area (Å²) in [7, 11) is 0. The van der Waals surface area contributed by atoms with Crippen LogP contribution >= 0.6 is 0 Å². The second-order valence-corrected chi connectivity index (χ2v) is 6.25. The molecule has 3 N–H and O–H groups in total. The van der Waals surface area contributed by atoms with E-state index in [4.69, 9.17) is 5.73 Å². The molecule has 1 amide bonds. The maximum atomic E-state index is 11.2. The number of allylic oxidation sites excluding steroid dienone is 2. The van der Waals surface area contributed by atoms with Gasteiger partial charge in [-0.15, -0.1) is 0 Å². The highest BCUT2D eigenvalue weighted by Gasteiger charge is 2.23. The first kappa shape index (κ1) is 15.5. The Morgan fingerprint density at radius 1 is 1.35 bits per heavy atom. The van der Waals surface area contributed by atoms with Gasteiger partial charge in [-0.1, -0.05) is 12.2 Å². The van der Waals surface area contributed by atoms with Crippen LogP contribution in [-0.4, -0.2) is 43.5 Å². The lowest BCUT2D eigenvalue weighted by atomic mass is 9.94. The Morgan fingerprint density at radius 3 is 3.00 bits per heavy atom. The van der Waals surface area contributed by atoms with Gasteiger partial charge in [-0.2, -0.15) is 0 Å². The first-order valence-corrected chi connectivity index (χ1v) is 8.13. The SMILES string of the molecule is NC(=O)[C@H]1CCCN(CCCNC[C@@H]2CC=CCC2)C1. The number of hydrogen-bond donors (Lipinski definition) is 2. The molecule has 1 fully saturated rings. The molecule has 2 aliphatic rings. The summed E-state index contributed by atoms with van der Waals surface area (Å²) in [5.41, 5.74) is 5.40. The molecule has 4 heteroatoms. The maximum Gasteiger partial charge on any atom is 0.221 e. The van der Waals surface area contributed by atoms with Gasteiger partial charge in [0, 0.05) is 6.54 Å². The maximum absolute atomic E-state index is 11.2. The van der Waals surface area contributed by atoms with Gasteiger partial charge < -0.3 is 16.0 Å². The van der Waals surface area contributed by atoms with Gasteiger partial charge in [-0.3, -0.25) is 4.79 Å². The van der Waals surface area contributed by atoms with E-state index in [1.54, 1.807) is 0 Å². The van der Waals surface area contributed by atoms with Crippen molar-refractivity contribution in [1.82, 2.24) is 10.2 Å². The van der Waals surface area contributed by atoms with Crippen molar-refractivity contribution in [2.75, 3.05) is 32.7 Å². The lowest BCUT2D eigenvalue weighted by molar-refractivity contribution is -0.123. The predicted octanol–water partition coefficient (Wildman–Crippen LogP) is 1.52. The highest BCUT2D eigenvalue weighted by Crippen LogP contribution is 2.17. The predicted molar refractivity (Wildman–Crippen MR) is 82.3 cm³/mol. The van der Waals surface area contributed by atoms with Crippen LogP contribution in [0.5, 0.6) is 0 Å². The van der Waals surface area contributed by atoms with Gasteiger partial charge in [0.15, 0.2) is 0 Å². The van der Waals surface area contributed by atoms with Crippen LogP contribution in [0, 0.1) is 11.8 Å². The fourth-order valence-corrected chi connectivity index (χ4v) is 3.27. The Balaban J connectivity index is 1.52. The van der Waals surface area contributed by atoms with E-state index in [0.29, 0.717) is 0 Å². The summed E-state index contributed by atoms with van der Waals surface area (Å²) in [4.78, 5) is 13.6. The minimum atomic E-state index is -0.127. The van der Waals surface area contributed by atoms with Crippen LogP contribution in [0.15, 0.2) is 12.2 Å². The first-order chi connectivity index (χ1) is 9.75. The van der Waals surface area contributed by atoms with E-state index in [-0.39, 0.29) is 11.8 Å². The molecular weight excluding hydrogens is 250 g/mol. The fraction of sp³-hybridized carbons (Fsp3) is 0.812. The molecule has 1 aliphatic carbocycles. The number of nitrogens with two attached hydrogens (primary N) is 1. The van der Waals surface area contributed by atoms with Crippen LogP contribution in [0.4, 0.5) is 0 Å². The van der Waals surface area contributed by atoms with Crippen molar-refractivity contribution in [3.05, 3.63) is 12.2 Å². The number of rotatable bonds is 7. The highest BCUT2D eigenvalue weighted by atomic mass is 16.1. The second kappa shape index (κ2) is 8.42. The Hall–Kier alpha value is -0.870. The van der Waals surface area contributed by atoms with Crippen LogP contribution < -0.4 is 11.1 Å². The monoisotopic (exact) mass is 279 g/mol. The summed E-state index contributed by atoms with van der Waals surface area (Å²) < 4.78 is 0. The minimum absolute atomic E-state index is 0.0748. The number of amides is 1. The lowest BCUT2D eigenvalue weighted by Crippen LogP contribution is -2.42. The van der Waals surface area contributed by atoms with E-state index in [9.17, 15) is 4.79 Å². The second-order valence-electron chi connectivity index (χ2n) is 6.25. The molecule has 2 rings (SSSR count). The number of primary amides is 1. The van der Waals surface area contributed by atoms with Gasteiger partial charge in [-0.05, 0) is 70.6 Å². The van der Waals surface area contributed by atoms with Gasteiger partial charge in [0.1, 0.15) is 0 Å². The summed E-state index contributed by atoms with van der Waals surface area (Å²) in [5.74, 6) is 0.776. The summed E-state index contributed by atoms with van der Waals surface area (Å²) in [6.45, 7) is 5.30. The first-order valence-electron chi connectivity index (χ1n) is 8.13. The molecule has 0 aromatic carbocycles. The number of nitrogens with one attached hydrogen (secondary N) is 1. The Kier molecular flexibility index (Phi) is 6.54. The Morgan fingerprint density at radius 2 is 2.25 bits per heavy atom. The average molecular weight is 279 g/mol. The highest BCUT2D eigenvalue weighted by molar-refractivity contribution is 5.76. The minimum Gasteiger partial charge on any atom is -0.369 e. The normalized spacial score (nSPS) is 27.6. The van der Waals surface area contributed by atoms with Crippen molar-refractivity contribution in [3.63, 3.8) is 0 Å². The molecule has 1 saturated heterocycles. The zero-order valence-electron chi connectivity index (χ0n) is 12.5. The summed E-state index contributed by atoms with van der Waals surface area (Å²) in [5, 5.41) is 3.58. The molecule has 1 aliphatic heterocycles. The topological polar surface area (TPSA) is 58.4 Å². The van der Waals surface area contributed by atoms with Gasteiger partial charge in [0.2, 0.25) is 5.91 Å². The van der Waals surface area contributed by atoms with Crippen molar-refractivity contribution in [1.29, 1.82) is 0 Å². The van der Waals surface area contributed by atoms with Crippen molar-refractivity contribution < 1.29 is 4.79 Å². The van der Waals surface area contributed by atoms with E-state index in [1.165, 1.54) is 19.3 Å². The van der Waals surface area contributed by atoms with Crippen LogP contribution in [0.25, 0.3) is 0 Å². The zero-order valence-corrected chi connectivity index (χ0v) is 12.5. The van der Waals surface area contributed by atoms with Crippen molar-refractivity contribution in [2.24, 2.45) is 17.6 Å².